The summed E-state index contributed by atoms with van der Waals surface area (Å²) in [6.45, 7) is 1.98. The van der Waals surface area contributed by atoms with Gasteiger partial charge < -0.3 is 4.42 Å². The molecule has 0 bridgehead atoms. The van der Waals surface area contributed by atoms with Crippen LogP contribution in [0.1, 0.15) is 5.76 Å². The molecular formula is C11H9BrIO+. The lowest BCUT2D eigenvalue weighted by Gasteiger charge is -1.85. The lowest BCUT2D eigenvalue weighted by Crippen LogP contribution is -3.61. The van der Waals surface area contributed by atoms with Crippen LogP contribution in [0.2, 0.25) is 0 Å². The monoisotopic (exact) mass is 363 g/mol. The molecule has 72 valence electrons. The molecule has 0 amide bonds. The Kier molecular flexibility index (Phi) is 3.28. The maximum absolute atomic E-state index is 5.55. The highest BCUT2D eigenvalue weighted by molar-refractivity contribution is 9.10. The number of rotatable bonds is 2. The van der Waals surface area contributed by atoms with Crippen molar-refractivity contribution in [2.45, 2.75) is 6.92 Å². The Balaban J connectivity index is 2.15. The number of hydrogen-bond acceptors (Lipinski definition) is 1. The number of benzene rings is 1. The topological polar surface area (TPSA) is 13.1 Å². The summed E-state index contributed by atoms with van der Waals surface area (Å²) in [7, 11) is 0. The minimum absolute atomic E-state index is 0.151. The zero-order chi connectivity index (χ0) is 9.97. The summed E-state index contributed by atoms with van der Waals surface area (Å²) in [5.74, 6) is 0.997. The van der Waals surface area contributed by atoms with Gasteiger partial charge in [-0.25, -0.2) is 0 Å². The lowest BCUT2D eigenvalue weighted by atomic mass is 10.4. The molecule has 2 rings (SSSR count). The van der Waals surface area contributed by atoms with E-state index < -0.39 is 0 Å². The van der Waals surface area contributed by atoms with Gasteiger partial charge in [0.15, 0.2) is 3.57 Å². The Morgan fingerprint density at radius 3 is 2.36 bits per heavy atom. The van der Waals surface area contributed by atoms with Crippen LogP contribution < -0.4 is 21.2 Å². The molecule has 0 aliphatic rings. The Labute approximate surface area is 102 Å². The van der Waals surface area contributed by atoms with Crippen LogP contribution in [-0.4, -0.2) is 0 Å². The summed E-state index contributed by atoms with van der Waals surface area (Å²) in [5.41, 5.74) is 0. The number of hydrogen-bond donors (Lipinski definition) is 0. The highest BCUT2D eigenvalue weighted by Gasteiger charge is 2.18. The smallest absolute Gasteiger partial charge is 0.400 e. The van der Waals surface area contributed by atoms with Gasteiger partial charge in [-0.3, -0.25) is 0 Å². The van der Waals surface area contributed by atoms with Crippen molar-refractivity contribution in [1.82, 2.24) is 0 Å². The van der Waals surface area contributed by atoms with E-state index >= 15 is 0 Å². The van der Waals surface area contributed by atoms with E-state index in [1.165, 1.54) is 3.57 Å². The Morgan fingerprint density at radius 2 is 1.79 bits per heavy atom. The third kappa shape index (κ3) is 2.60. The van der Waals surface area contributed by atoms with Crippen molar-refractivity contribution >= 4 is 15.9 Å². The van der Waals surface area contributed by atoms with Gasteiger partial charge in [0.2, 0.25) is 0 Å². The molecule has 1 aromatic carbocycles. The van der Waals surface area contributed by atoms with Crippen LogP contribution in [0.3, 0.4) is 0 Å². The Hall–Kier alpha value is -0.290. The van der Waals surface area contributed by atoms with Gasteiger partial charge in [-0.05, 0) is 37.3 Å². The van der Waals surface area contributed by atoms with Crippen molar-refractivity contribution in [3.05, 3.63) is 54.0 Å². The van der Waals surface area contributed by atoms with Gasteiger partial charge in [0.25, 0.3) is 0 Å². The van der Waals surface area contributed by atoms with Gasteiger partial charge in [0, 0.05) is 10.5 Å². The molecule has 0 fully saturated rings. The normalized spacial score (nSPS) is 10.4. The first kappa shape index (κ1) is 10.2. The van der Waals surface area contributed by atoms with Gasteiger partial charge in [-0.2, -0.15) is 0 Å². The van der Waals surface area contributed by atoms with Crippen LogP contribution in [0.15, 0.2) is 45.3 Å². The van der Waals surface area contributed by atoms with Gasteiger partial charge >= 0.3 is 25.0 Å². The molecule has 0 saturated heterocycles. The molecule has 0 saturated carbocycles. The first-order valence-electron chi connectivity index (χ1n) is 4.21. The predicted molar refractivity (Wildman–Crippen MR) is 55.0 cm³/mol. The summed E-state index contributed by atoms with van der Waals surface area (Å²) in [4.78, 5) is 0. The van der Waals surface area contributed by atoms with Gasteiger partial charge in [-0.15, -0.1) is 0 Å². The third-order valence-corrected chi connectivity index (χ3v) is 4.70. The maximum Gasteiger partial charge on any atom is 0.400 e. The molecule has 0 spiro atoms. The van der Waals surface area contributed by atoms with Crippen LogP contribution >= 0.6 is 15.9 Å². The second-order valence-corrected chi connectivity index (χ2v) is 6.64. The van der Waals surface area contributed by atoms with Crippen molar-refractivity contribution in [3.63, 3.8) is 0 Å². The van der Waals surface area contributed by atoms with E-state index in [0.29, 0.717) is 0 Å². The van der Waals surface area contributed by atoms with Crippen molar-refractivity contribution in [3.8, 4) is 0 Å². The molecule has 14 heavy (non-hydrogen) atoms. The van der Waals surface area contributed by atoms with Crippen LogP contribution in [0.25, 0.3) is 0 Å². The van der Waals surface area contributed by atoms with Crippen molar-refractivity contribution in [1.29, 1.82) is 0 Å². The lowest BCUT2D eigenvalue weighted by molar-refractivity contribution is -0.617. The minimum atomic E-state index is -0.151. The first-order valence-corrected chi connectivity index (χ1v) is 7.16. The summed E-state index contributed by atoms with van der Waals surface area (Å²) in [6.07, 6.45) is 0. The van der Waals surface area contributed by atoms with Crippen molar-refractivity contribution < 1.29 is 25.6 Å². The molecule has 1 nitrogen and oxygen atoms in total. The zero-order valence-corrected chi connectivity index (χ0v) is 11.4. The van der Waals surface area contributed by atoms with E-state index in [9.17, 15) is 0 Å². The summed E-state index contributed by atoms with van der Waals surface area (Å²) in [6, 6.07) is 12.5. The average molecular weight is 364 g/mol. The van der Waals surface area contributed by atoms with Crippen LogP contribution in [-0.2, 0) is 0 Å². The molecule has 0 atom stereocenters. The van der Waals surface area contributed by atoms with E-state index in [2.05, 4.69) is 46.3 Å². The molecule has 0 N–H and O–H groups in total. The standard InChI is InChI=1S/C11H9BrIO/c1-8-2-7-11(14-8)13-10-5-3-9(12)4-6-10/h2-7H,1H3/q+1. The summed E-state index contributed by atoms with van der Waals surface area (Å²) in [5, 5.41) is 0. The molecule has 1 heterocycles. The number of furan rings is 1. The number of aryl methyl sites for hydroxylation is 1. The van der Waals surface area contributed by atoms with Crippen molar-refractivity contribution in [2.75, 3.05) is 0 Å². The molecule has 2 aromatic rings. The second-order valence-electron chi connectivity index (χ2n) is 2.88. The molecule has 0 aliphatic carbocycles. The largest absolute Gasteiger partial charge is 0.424 e. The van der Waals surface area contributed by atoms with Gasteiger partial charge in [0.05, 0.1) is 0 Å². The van der Waals surface area contributed by atoms with Gasteiger partial charge in [-0.1, -0.05) is 15.9 Å². The first-order chi connectivity index (χ1) is 6.74. The fraction of sp³-hybridized carbons (Fsp3) is 0.0909. The van der Waals surface area contributed by atoms with Crippen LogP contribution in [0.5, 0.6) is 0 Å². The van der Waals surface area contributed by atoms with Crippen LogP contribution in [0, 0.1) is 14.3 Å². The predicted octanol–water partition coefficient (Wildman–Crippen LogP) is 0.479. The molecule has 0 aliphatic heterocycles. The Morgan fingerprint density at radius 1 is 1.07 bits per heavy atom. The SMILES string of the molecule is Cc1ccc([I+]c2ccc(Br)cc2)o1. The third-order valence-electron chi connectivity index (χ3n) is 1.71. The Bertz CT molecular complexity index is 419. The van der Waals surface area contributed by atoms with E-state index in [-0.39, 0.29) is 21.2 Å². The maximum atomic E-state index is 5.55. The zero-order valence-electron chi connectivity index (χ0n) is 7.63. The minimum Gasteiger partial charge on any atom is -0.424 e. The van der Waals surface area contributed by atoms with Crippen LogP contribution in [0.4, 0.5) is 0 Å². The second kappa shape index (κ2) is 4.49. The molecule has 0 radical (unpaired) electrons. The highest BCUT2D eigenvalue weighted by Crippen LogP contribution is 2.05. The summed E-state index contributed by atoms with van der Waals surface area (Å²) < 4.78 is 9.19. The summed E-state index contributed by atoms with van der Waals surface area (Å²) >= 11 is 3.27. The molecule has 3 heteroatoms. The molecular weight excluding hydrogens is 355 g/mol. The fourth-order valence-electron chi connectivity index (χ4n) is 1.06. The molecule has 1 aromatic heterocycles. The highest BCUT2D eigenvalue weighted by atomic mass is 127. The van der Waals surface area contributed by atoms with E-state index in [1.54, 1.807) is 0 Å². The quantitative estimate of drug-likeness (QED) is 0.707. The fourth-order valence-corrected chi connectivity index (χ4v) is 3.47. The molecule has 0 unspecified atom stereocenters. The average Bonchev–Trinajstić information content (AvgIpc) is 2.56. The van der Waals surface area contributed by atoms with E-state index in [4.69, 9.17) is 4.42 Å². The van der Waals surface area contributed by atoms with E-state index in [1.807, 2.05) is 13.0 Å². The van der Waals surface area contributed by atoms with E-state index in [0.717, 1.165) is 14.0 Å². The van der Waals surface area contributed by atoms with Crippen molar-refractivity contribution in [2.24, 2.45) is 0 Å². The van der Waals surface area contributed by atoms with Gasteiger partial charge in [0.1, 0.15) is 5.76 Å². The number of halogens is 2.